The highest BCUT2D eigenvalue weighted by atomic mass is 16.2. The first-order valence-electron chi connectivity index (χ1n) is 4.54. The maximum atomic E-state index is 11.3. The summed E-state index contributed by atoms with van der Waals surface area (Å²) in [5.74, 6) is 0.149. The molecule has 1 saturated heterocycles. The van der Waals surface area contributed by atoms with Crippen molar-refractivity contribution in [1.82, 2.24) is 10.6 Å². The summed E-state index contributed by atoms with van der Waals surface area (Å²) in [5, 5.41) is 6.15. The SMILES string of the molecule is CC(C)(C)N[C@H]1CCCNC1=O. The second kappa shape index (κ2) is 3.44. The van der Waals surface area contributed by atoms with E-state index in [0.29, 0.717) is 0 Å². The molecule has 0 radical (unpaired) electrons. The van der Waals surface area contributed by atoms with Gasteiger partial charge in [-0.05, 0) is 33.6 Å². The van der Waals surface area contributed by atoms with Crippen LogP contribution >= 0.6 is 0 Å². The van der Waals surface area contributed by atoms with Gasteiger partial charge < -0.3 is 10.6 Å². The van der Waals surface area contributed by atoms with E-state index in [1.807, 2.05) is 0 Å². The largest absolute Gasteiger partial charge is 0.355 e. The van der Waals surface area contributed by atoms with Gasteiger partial charge in [0.15, 0.2) is 0 Å². The van der Waals surface area contributed by atoms with Crippen LogP contribution in [0, 0.1) is 0 Å². The van der Waals surface area contributed by atoms with Gasteiger partial charge in [-0.1, -0.05) is 0 Å². The molecule has 0 saturated carbocycles. The fraction of sp³-hybridized carbons (Fsp3) is 0.889. The Hall–Kier alpha value is -0.570. The fourth-order valence-corrected chi connectivity index (χ4v) is 1.43. The average molecular weight is 170 g/mol. The minimum absolute atomic E-state index is 0.0127. The normalized spacial score (nSPS) is 25.2. The summed E-state index contributed by atoms with van der Waals surface area (Å²) in [6.07, 6.45) is 2.04. The van der Waals surface area contributed by atoms with Crippen molar-refractivity contribution in [3.63, 3.8) is 0 Å². The quantitative estimate of drug-likeness (QED) is 0.607. The third-order valence-corrected chi connectivity index (χ3v) is 1.89. The molecule has 1 heterocycles. The van der Waals surface area contributed by atoms with E-state index in [1.54, 1.807) is 0 Å². The molecule has 0 aromatic rings. The highest BCUT2D eigenvalue weighted by Gasteiger charge is 2.25. The number of rotatable bonds is 1. The Balaban J connectivity index is 2.45. The predicted octanol–water partition coefficient (Wildman–Crippen LogP) is 0.653. The van der Waals surface area contributed by atoms with Crippen molar-refractivity contribution in [2.75, 3.05) is 6.54 Å². The molecule has 2 N–H and O–H groups in total. The van der Waals surface area contributed by atoms with Crippen molar-refractivity contribution in [3.8, 4) is 0 Å². The molecule has 1 aliphatic rings. The summed E-state index contributed by atoms with van der Waals surface area (Å²) in [5.41, 5.74) is 0.0271. The van der Waals surface area contributed by atoms with Gasteiger partial charge in [0.25, 0.3) is 0 Å². The first-order valence-corrected chi connectivity index (χ1v) is 4.54. The first-order chi connectivity index (χ1) is 5.49. The van der Waals surface area contributed by atoms with Crippen molar-refractivity contribution in [1.29, 1.82) is 0 Å². The van der Waals surface area contributed by atoms with E-state index in [9.17, 15) is 4.79 Å². The molecule has 3 heteroatoms. The molecule has 70 valence electrons. The number of hydrogen-bond donors (Lipinski definition) is 2. The summed E-state index contributed by atoms with van der Waals surface area (Å²) >= 11 is 0. The molecule has 0 spiro atoms. The zero-order chi connectivity index (χ0) is 9.19. The molecule has 1 fully saturated rings. The summed E-state index contributed by atoms with van der Waals surface area (Å²) in [6, 6.07) is 0.0127. The molecular weight excluding hydrogens is 152 g/mol. The lowest BCUT2D eigenvalue weighted by Crippen LogP contribution is -2.54. The number of piperidine rings is 1. The Bertz CT molecular complexity index is 172. The number of carbonyl (C=O) groups excluding carboxylic acids is 1. The molecule has 1 aliphatic heterocycles. The van der Waals surface area contributed by atoms with Crippen molar-refractivity contribution in [2.45, 2.75) is 45.2 Å². The molecule has 0 unspecified atom stereocenters. The van der Waals surface area contributed by atoms with Crippen LogP contribution in [0.3, 0.4) is 0 Å². The second-order valence-corrected chi connectivity index (χ2v) is 4.38. The molecule has 0 aromatic heterocycles. The number of hydrogen-bond acceptors (Lipinski definition) is 2. The Morgan fingerprint density at radius 1 is 1.50 bits per heavy atom. The lowest BCUT2D eigenvalue weighted by Gasteiger charge is -2.30. The van der Waals surface area contributed by atoms with Crippen LogP contribution in [-0.2, 0) is 4.79 Å². The molecule has 1 amide bonds. The third-order valence-electron chi connectivity index (χ3n) is 1.89. The van der Waals surface area contributed by atoms with Gasteiger partial charge in [0.2, 0.25) is 5.91 Å². The van der Waals surface area contributed by atoms with Gasteiger partial charge in [0, 0.05) is 12.1 Å². The van der Waals surface area contributed by atoms with Gasteiger partial charge in [0.05, 0.1) is 6.04 Å². The van der Waals surface area contributed by atoms with E-state index in [2.05, 4.69) is 31.4 Å². The molecule has 12 heavy (non-hydrogen) atoms. The first kappa shape index (κ1) is 9.52. The summed E-state index contributed by atoms with van der Waals surface area (Å²) in [4.78, 5) is 11.3. The Morgan fingerprint density at radius 2 is 2.17 bits per heavy atom. The monoisotopic (exact) mass is 170 g/mol. The van der Waals surface area contributed by atoms with Gasteiger partial charge in [0.1, 0.15) is 0 Å². The van der Waals surface area contributed by atoms with E-state index >= 15 is 0 Å². The van der Waals surface area contributed by atoms with Crippen LogP contribution in [0.4, 0.5) is 0 Å². The fourth-order valence-electron chi connectivity index (χ4n) is 1.43. The highest BCUT2D eigenvalue weighted by molar-refractivity contribution is 5.82. The zero-order valence-electron chi connectivity index (χ0n) is 8.11. The molecule has 1 rings (SSSR count). The van der Waals surface area contributed by atoms with Gasteiger partial charge in [-0.3, -0.25) is 4.79 Å². The molecule has 1 atom stereocenters. The second-order valence-electron chi connectivity index (χ2n) is 4.38. The summed E-state index contributed by atoms with van der Waals surface area (Å²) < 4.78 is 0. The maximum Gasteiger partial charge on any atom is 0.237 e. The average Bonchev–Trinajstić information content (AvgIpc) is 1.91. The van der Waals surface area contributed by atoms with Crippen LogP contribution in [0.25, 0.3) is 0 Å². The lowest BCUT2D eigenvalue weighted by atomic mass is 10.0. The predicted molar refractivity (Wildman–Crippen MR) is 48.9 cm³/mol. The van der Waals surface area contributed by atoms with Crippen LogP contribution in [0.5, 0.6) is 0 Å². The Labute approximate surface area is 73.9 Å². The summed E-state index contributed by atoms with van der Waals surface area (Å²) in [7, 11) is 0. The van der Waals surface area contributed by atoms with Crippen LogP contribution in [0.2, 0.25) is 0 Å². The number of nitrogens with one attached hydrogen (secondary N) is 2. The van der Waals surface area contributed by atoms with Crippen LogP contribution in [0.1, 0.15) is 33.6 Å². The van der Waals surface area contributed by atoms with Crippen molar-refractivity contribution in [3.05, 3.63) is 0 Å². The minimum Gasteiger partial charge on any atom is -0.355 e. The van der Waals surface area contributed by atoms with Gasteiger partial charge in [-0.2, -0.15) is 0 Å². The Morgan fingerprint density at radius 3 is 2.67 bits per heavy atom. The third kappa shape index (κ3) is 2.81. The number of carbonyl (C=O) groups is 1. The van der Waals surface area contributed by atoms with Crippen molar-refractivity contribution < 1.29 is 4.79 Å². The molecule has 0 aliphatic carbocycles. The van der Waals surface area contributed by atoms with Crippen LogP contribution in [0.15, 0.2) is 0 Å². The molecule has 0 bridgehead atoms. The highest BCUT2D eigenvalue weighted by Crippen LogP contribution is 2.08. The topological polar surface area (TPSA) is 41.1 Å². The van der Waals surface area contributed by atoms with E-state index in [-0.39, 0.29) is 17.5 Å². The van der Waals surface area contributed by atoms with Crippen molar-refractivity contribution >= 4 is 5.91 Å². The molecule has 3 nitrogen and oxygen atoms in total. The number of amides is 1. The van der Waals surface area contributed by atoms with E-state index in [0.717, 1.165) is 19.4 Å². The lowest BCUT2D eigenvalue weighted by molar-refractivity contribution is -0.125. The van der Waals surface area contributed by atoms with Crippen molar-refractivity contribution in [2.24, 2.45) is 0 Å². The van der Waals surface area contributed by atoms with Crippen LogP contribution in [-0.4, -0.2) is 24.0 Å². The van der Waals surface area contributed by atoms with E-state index in [4.69, 9.17) is 0 Å². The van der Waals surface area contributed by atoms with E-state index < -0.39 is 0 Å². The van der Waals surface area contributed by atoms with Gasteiger partial charge in [-0.15, -0.1) is 0 Å². The van der Waals surface area contributed by atoms with Gasteiger partial charge in [-0.25, -0.2) is 0 Å². The smallest absolute Gasteiger partial charge is 0.237 e. The maximum absolute atomic E-state index is 11.3. The molecule has 0 aromatic carbocycles. The Kier molecular flexibility index (Phi) is 2.73. The zero-order valence-corrected chi connectivity index (χ0v) is 8.11. The summed E-state index contributed by atoms with van der Waals surface area (Å²) in [6.45, 7) is 7.07. The van der Waals surface area contributed by atoms with E-state index in [1.165, 1.54) is 0 Å². The van der Waals surface area contributed by atoms with Crippen LogP contribution < -0.4 is 10.6 Å². The standard InChI is InChI=1S/C9H18N2O/c1-9(2,3)11-7-5-4-6-10-8(7)12/h7,11H,4-6H2,1-3H3,(H,10,12)/t7-/m0/s1. The van der Waals surface area contributed by atoms with Gasteiger partial charge >= 0.3 is 0 Å². The molecular formula is C9H18N2O. The minimum atomic E-state index is 0.0127.